The van der Waals surface area contributed by atoms with Crippen molar-refractivity contribution in [1.82, 2.24) is 20.2 Å². The molecule has 8 heteroatoms. The average Bonchev–Trinajstić information content (AvgIpc) is 3.10. The topological polar surface area (TPSA) is 113 Å². The van der Waals surface area contributed by atoms with Crippen LogP contribution in [-0.4, -0.2) is 59.5 Å². The number of nitrogen functional groups attached to an aromatic ring is 2. The molecule has 2 atom stereocenters. The summed E-state index contributed by atoms with van der Waals surface area (Å²) in [4.78, 5) is 25.1. The second-order valence-corrected chi connectivity index (χ2v) is 7.57. The van der Waals surface area contributed by atoms with Crippen molar-refractivity contribution in [2.75, 3.05) is 49.1 Å². The summed E-state index contributed by atoms with van der Waals surface area (Å²) in [7, 11) is 0. The monoisotopic (exact) mass is 345 g/mol. The highest BCUT2D eigenvalue weighted by molar-refractivity contribution is 5.78. The van der Waals surface area contributed by atoms with Gasteiger partial charge >= 0.3 is 0 Å². The smallest absolute Gasteiger partial charge is 0.234 e. The molecule has 0 bridgehead atoms. The number of nitrogens with two attached hydrogens (primary N) is 2. The highest BCUT2D eigenvalue weighted by Crippen LogP contribution is 2.42. The molecule has 2 aliphatic heterocycles. The maximum atomic E-state index is 12.5. The third-order valence-corrected chi connectivity index (χ3v) is 5.58. The van der Waals surface area contributed by atoms with Crippen molar-refractivity contribution < 1.29 is 4.79 Å². The fourth-order valence-electron chi connectivity index (χ4n) is 4.20. The molecule has 4 rings (SSSR count). The number of aromatic nitrogens is 2. The van der Waals surface area contributed by atoms with Crippen molar-refractivity contribution in [3.8, 4) is 0 Å². The molecule has 1 saturated carbocycles. The SMILES string of the molecule is Nc1cc(N2C[C@@H](NC(=O)CN3CCCC3)[C@H](C3CC3)C2)nc(N)n1. The molecule has 136 valence electrons. The van der Waals surface area contributed by atoms with Gasteiger partial charge in [-0.15, -0.1) is 0 Å². The van der Waals surface area contributed by atoms with E-state index < -0.39 is 0 Å². The first-order valence-corrected chi connectivity index (χ1v) is 9.25. The van der Waals surface area contributed by atoms with E-state index in [9.17, 15) is 4.79 Å². The number of likely N-dealkylation sites (tertiary alicyclic amines) is 1. The van der Waals surface area contributed by atoms with Gasteiger partial charge in [-0.1, -0.05) is 0 Å². The largest absolute Gasteiger partial charge is 0.383 e. The van der Waals surface area contributed by atoms with Crippen molar-refractivity contribution >= 4 is 23.5 Å². The van der Waals surface area contributed by atoms with Crippen molar-refractivity contribution in [2.24, 2.45) is 11.8 Å². The van der Waals surface area contributed by atoms with E-state index in [0.29, 0.717) is 24.2 Å². The quantitative estimate of drug-likeness (QED) is 0.692. The van der Waals surface area contributed by atoms with Crippen LogP contribution >= 0.6 is 0 Å². The minimum absolute atomic E-state index is 0.140. The van der Waals surface area contributed by atoms with Gasteiger partial charge in [0.2, 0.25) is 11.9 Å². The Labute approximate surface area is 148 Å². The number of nitrogens with one attached hydrogen (secondary N) is 1. The fraction of sp³-hybridized carbons (Fsp3) is 0.706. The fourth-order valence-corrected chi connectivity index (χ4v) is 4.20. The Morgan fingerprint density at radius 3 is 2.64 bits per heavy atom. The van der Waals surface area contributed by atoms with Crippen molar-refractivity contribution in [3.05, 3.63) is 6.07 Å². The minimum atomic E-state index is 0.140. The molecule has 1 aliphatic carbocycles. The number of carbonyl (C=O) groups excluding carboxylic acids is 1. The number of amides is 1. The molecule has 5 N–H and O–H groups in total. The van der Waals surface area contributed by atoms with Gasteiger partial charge < -0.3 is 21.7 Å². The van der Waals surface area contributed by atoms with Crippen LogP contribution in [0.5, 0.6) is 0 Å². The first kappa shape index (κ1) is 16.4. The summed E-state index contributed by atoms with van der Waals surface area (Å²) in [6.07, 6.45) is 4.91. The zero-order valence-electron chi connectivity index (χ0n) is 14.5. The molecule has 0 radical (unpaired) electrons. The number of nitrogens with zero attached hydrogens (tertiary/aromatic N) is 4. The number of hydrogen-bond donors (Lipinski definition) is 3. The molecule has 3 aliphatic rings. The van der Waals surface area contributed by atoms with Gasteiger partial charge in [-0.25, -0.2) is 0 Å². The Kier molecular flexibility index (Phi) is 4.37. The predicted molar refractivity (Wildman–Crippen MR) is 96.9 cm³/mol. The second kappa shape index (κ2) is 6.67. The average molecular weight is 345 g/mol. The van der Waals surface area contributed by atoms with Crippen molar-refractivity contribution in [3.63, 3.8) is 0 Å². The van der Waals surface area contributed by atoms with E-state index in [0.717, 1.165) is 32.0 Å². The zero-order valence-corrected chi connectivity index (χ0v) is 14.5. The highest BCUT2D eigenvalue weighted by atomic mass is 16.2. The van der Waals surface area contributed by atoms with Crippen molar-refractivity contribution in [2.45, 2.75) is 31.7 Å². The van der Waals surface area contributed by atoms with Gasteiger partial charge in [0, 0.05) is 25.1 Å². The van der Waals surface area contributed by atoms with Crippen LogP contribution in [0.3, 0.4) is 0 Å². The lowest BCUT2D eigenvalue weighted by molar-refractivity contribution is -0.122. The normalized spacial score (nSPS) is 27.0. The molecule has 0 unspecified atom stereocenters. The van der Waals surface area contributed by atoms with Crippen LogP contribution in [0.2, 0.25) is 0 Å². The van der Waals surface area contributed by atoms with Gasteiger partial charge in [-0.3, -0.25) is 9.69 Å². The number of anilines is 3. The summed E-state index contributed by atoms with van der Waals surface area (Å²) < 4.78 is 0. The van der Waals surface area contributed by atoms with Crippen molar-refractivity contribution in [1.29, 1.82) is 0 Å². The Hall–Kier alpha value is -2.09. The first-order chi connectivity index (χ1) is 12.1. The molecule has 0 spiro atoms. The van der Waals surface area contributed by atoms with E-state index in [1.54, 1.807) is 6.07 Å². The van der Waals surface area contributed by atoms with E-state index in [1.165, 1.54) is 25.7 Å². The molecular weight excluding hydrogens is 318 g/mol. The standard InChI is InChI=1S/C17H27N7O/c18-14-7-15(22-17(19)21-14)24-8-12(11-3-4-11)13(9-24)20-16(25)10-23-5-1-2-6-23/h7,11-13H,1-6,8-10H2,(H,20,25)(H4,18,19,21,22)/t12-,13+/m0/s1. The third kappa shape index (κ3) is 3.78. The number of hydrogen-bond acceptors (Lipinski definition) is 7. The molecule has 25 heavy (non-hydrogen) atoms. The lowest BCUT2D eigenvalue weighted by atomic mass is 9.98. The van der Waals surface area contributed by atoms with Crippen LogP contribution in [0, 0.1) is 11.8 Å². The summed E-state index contributed by atoms with van der Waals surface area (Å²) in [6, 6.07) is 1.93. The lowest BCUT2D eigenvalue weighted by Crippen LogP contribution is -2.45. The van der Waals surface area contributed by atoms with E-state index in [-0.39, 0.29) is 17.9 Å². The molecule has 0 aromatic carbocycles. The van der Waals surface area contributed by atoms with Crippen LogP contribution in [0.25, 0.3) is 0 Å². The minimum Gasteiger partial charge on any atom is -0.383 e. The van der Waals surface area contributed by atoms with E-state index in [1.807, 2.05) is 0 Å². The molecule has 1 aromatic heterocycles. The van der Waals surface area contributed by atoms with Crippen LogP contribution < -0.4 is 21.7 Å². The van der Waals surface area contributed by atoms with Gasteiger partial charge in [-0.2, -0.15) is 9.97 Å². The Bertz CT molecular complexity index is 622. The van der Waals surface area contributed by atoms with Crippen LogP contribution in [0.1, 0.15) is 25.7 Å². The maximum Gasteiger partial charge on any atom is 0.234 e. The summed E-state index contributed by atoms with van der Waals surface area (Å²) in [6.45, 7) is 4.23. The van der Waals surface area contributed by atoms with Gasteiger partial charge in [-0.05, 0) is 44.7 Å². The Balaban J connectivity index is 1.42. The van der Waals surface area contributed by atoms with Crippen LogP contribution in [0.4, 0.5) is 17.6 Å². The lowest BCUT2D eigenvalue weighted by Gasteiger charge is -2.21. The number of carbonyl (C=O) groups is 1. The Morgan fingerprint density at radius 2 is 1.96 bits per heavy atom. The molecule has 8 nitrogen and oxygen atoms in total. The molecule has 3 heterocycles. The maximum absolute atomic E-state index is 12.5. The molecular formula is C17H27N7O. The summed E-state index contributed by atoms with van der Waals surface area (Å²) >= 11 is 0. The van der Waals surface area contributed by atoms with Gasteiger partial charge in [0.25, 0.3) is 0 Å². The number of rotatable bonds is 5. The predicted octanol–water partition coefficient (Wildman–Crippen LogP) is 0.0678. The van der Waals surface area contributed by atoms with Gasteiger partial charge in [0.15, 0.2) is 0 Å². The summed E-state index contributed by atoms with van der Waals surface area (Å²) in [5, 5.41) is 3.28. The molecule has 1 aromatic rings. The van der Waals surface area contributed by atoms with E-state index in [4.69, 9.17) is 11.5 Å². The molecule has 1 amide bonds. The van der Waals surface area contributed by atoms with Gasteiger partial charge in [0.1, 0.15) is 11.6 Å². The Morgan fingerprint density at radius 1 is 1.20 bits per heavy atom. The molecule has 3 fully saturated rings. The third-order valence-electron chi connectivity index (χ3n) is 5.58. The van der Waals surface area contributed by atoms with Crippen LogP contribution in [0.15, 0.2) is 6.07 Å². The van der Waals surface area contributed by atoms with Gasteiger partial charge in [0.05, 0.1) is 12.6 Å². The highest BCUT2D eigenvalue weighted by Gasteiger charge is 2.43. The first-order valence-electron chi connectivity index (χ1n) is 9.25. The zero-order chi connectivity index (χ0) is 17.4. The van der Waals surface area contributed by atoms with Crippen LogP contribution in [-0.2, 0) is 4.79 Å². The van der Waals surface area contributed by atoms with E-state index in [2.05, 4.69) is 25.1 Å². The van der Waals surface area contributed by atoms with E-state index >= 15 is 0 Å². The molecule has 2 saturated heterocycles. The second-order valence-electron chi connectivity index (χ2n) is 7.57. The summed E-state index contributed by atoms with van der Waals surface area (Å²) in [5.74, 6) is 2.65. The summed E-state index contributed by atoms with van der Waals surface area (Å²) in [5.41, 5.74) is 11.5.